The third-order valence-electron chi connectivity index (χ3n) is 8.28. The molecule has 0 fully saturated rings. The molecule has 2 unspecified atom stereocenters. The summed E-state index contributed by atoms with van der Waals surface area (Å²) in [6.45, 7) is 11.2. The van der Waals surface area contributed by atoms with Crippen molar-refractivity contribution < 1.29 is 0 Å². The van der Waals surface area contributed by atoms with E-state index in [1.165, 1.54) is 27.9 Å². The van der Waals surface area contributed by atoms with Gasteiger partial charge in [0.15, 0.2) is 0 Å². The van der Waals surface area contributed by atoms with E-state index >= 15 is 0 Å². The van der Waals surface area contributed by atoms with Gasteiger partial charge < -0.3 is 10.6 Å². The van der Waals surface area contributed by atoms with E-state index in [1.807, 2.05) is 24.4 Å². The molecule has 47 heavy (non-hydrogen) atoms. The maximum absolute atomic E-state index is 5.60. The molecular weight excluding hydrogens is 569 g/mol. The van der Waals surface area contributed by atoms with Crippen LogP contribution in [0.2, 0.25) is 0 Å². The van der Waals surface area contributed by atoms with Gasteiger partial charge in [-0.3, -0.25) is 0 Å². The van der Waals surface area contributed by atoms with Crippen molar-refractivity contribution in [3.63, 3.8) is 0 Å². The van der Waals surface area contributed by atoms with Gasteiger partial charge in [-0.15, -0.1) is 12.3 Å². The third-order valence-corrected chi connectivity index (χ3v) is 8.28. The van der Waals surface area contributed by atoms with Crippen LogP contribution in [0, 0.1) is 18.3 Å². The van der Waals surface area contributed by atoms with E-state index in [-0.39, 0.29) is 0 Å². The first kappa shape index (κ1) is 34.6. The molecule has 0 bridgehead atoms. The molecule has 0 amide bonds. The van der Waals surface area contributed by atoms with E-state index in [4.69, 9.17) is 6.42 Å². The monoisotopic (exact) mass is 616 g/mol. The molecule has 0 saturated heterocycles. The summed E-state index contributed by atoms with van der Waals surface area (Å²) in [7, 11) is 0. The molecule has 4 rings (SSSR count). The average Bonchev–Trinajstić information content (AvgIpc) is 3.49. The van der Waals surface area contributed by atoms with Crippen LogP contribution < -0.4 is 10.6 Å². The highest BCUT2D eigenvalue weighted by Gasteiger charge is 2.35. The standard InChI is InChI=1S/C45H48N2/c1-6-9-13-25-39-26-17-16-21-36(4)32-43(37(39)5)40-27-18-19-31-46-35-41(24-10-7-2)44-29-20-30-45(44,34-40)47-42(28-11-8-3)33-38-22-14-12-15-23-38/h1,7-8,10-20,22-25,27-34,36,46-47H,3,9,21,26,35H2,2,4-5H3/b10-7-,17-16-,25-13-,27-18-,28-11-,31-19+,39-37-,40-34+,41-24+,42-33?,43-32+. The number of nitrogens with one attached hydrogen (secondary N) is 2. The van der Waals surface area contributed by atoms with Crippen LogP contribution in [0.4, 0.5) is 0 Å². The summed E-state index contributed by atoms with van der Waals surface area (Å²) in [5, 5.41) is 7.52. The molecule has 2 heteroatoms. The van der Waals surface area contributed by atoms with E-state index < -0.39 is 5.54 Å². The van der Waals surface area contributed by atoms with Gasteiger partial charge >= 0.3 is 0 Å². The zero-order chi connectivity index (χ0) is 33.3. The first-order valence-corrected chi connectivity index (χ1v) is 16.5. The summed E-state index contributed by atoms with van der Waals surface area (Å²) in [6, 6.07) is 10.4. The molecule has 1 aromatic rings. The van der Waals surface area contributed by atoms with Crippen molar-refractivity contribution in [2.24, 2.45) is 5.92 Å². The SMILES string of the molecule is C#CC\C=C/C1=C(C)/C(C2=C/C3(NC(=Cc4ccccc4)/C=C\C=C)C=CC=C3/C(=C/C=C\C)CN/C=C/C=C\2)=C\C(C)C/C=C\C1. The highest BCUT2D eigenvalue weighted by Crippen LogP contribution is 2.38. The van der Waals surface area contributed by atoms with E-state index in [2.05, 4.69) is 171 Å². The lowest BCUT2D eigenvalue weighted by Crippen LogP contribution is -2.43. The number of hydrogen-bond donors (Lipinski definition) is 2. The Morgan fingerprint density at radius 1 is 1.15 bits per heavy atom. The number of allylic oxidation sites excluding steroid dienone is 20. The zero-order valence-corrected chi connectivity index (χ0v) is 28.1. The Bertz CT molecular complexity index is 1710. The van der Waals surface area contributed by atoms with Gasteiger partial charge in [0.25, 0.3) is 0 Å². The van der Waals surface area contributed by atoms with Crippen LogP contribution >= 0.6 is 0 Å². The van der Waals surface area contributed by atoms with Crippen LogP contribution in [0.3, 0.4) is 0 Å². The highest BCUT2D eigenvalue weighted by molar-refractivity contribution is 5.65. The number of benzene rings is 1. The smallest absolute Gasteiger partial charge is 0.101 e. The molecule has 1 aromatic carbocycles. The minimum absolute atomic E-state index is 0.363. The van der Waals surface area contributed by atoms with Gasteiger partial charge in [0.2, 0.25) is 0 Å². The molecule has 0 saturated carbocycles. The summed E-state index contributed by atoms with van der Waals surface area (Å²) in [5.74, 6) is 3.11. The quantitative estimate of drug-likeness (QED) is 0.164. The normalized spacial score (nSPS) is 28.8. The summed E-state index contributed by atoms with van der Waals surface area (Å²) < 4.78 is 0. The molecule has 3 aliphatic rings. The maximum atomic E-state index is 5.60. The van der Waals surface area contributed by atoms with Gasteiger partial charge in [-0.25, -0.2) is 0 Å². The van der Waals surface area contributed by atoms with Crippen LogP contribution in [0.15, 0.2) is 192 Å². The lowest BCUT2D eigenvalue weighted by Gasteiger charge is -2.34. The Morgan fingerprint density at radius 2 is 2.00 bits per heavy atom. The lowest BCUT2D eigenvalue weighted by molar-refractivity contribution is 0.637. The van der Waals surface area contributed by atoms with Crippen molar-refractivity contribution in [3.05, 3.63) is 197 Å². The molecule has 238 valence electrons. The second kappa shape index (κ2) is 18.0. The molecule has 2 aliphatic carbocycles. The Balaban J connectivity index is 2.01. The number of terminal acetylenes is 1. The first-order chi connectivity index (χ1) is 23.0. The van der Waals surface area contributed by atoms with Crippen molar-refractivity contribution in [2.45, 2.75) is 45.6 Å². The molecule has 1 aliphatic heterocycles. The van der Waals surface area contributed by atoms with Gasteiger partial charge in [-0.2, -0.15) is 0 Å². The molecular formula is C45H48N2. The predicted octanol–water partition coefficient (Wildman–Crippen LogP) is 10.5. The summed E-state index contributed by atoms with van der Waals surface area (Å²) in [4.78, 5) is 0. The zero-order valence-electron chi connectivity index (χ0n) is 28.1. The molecule has 2 atom stereocenters. The minimum atomic E-state index is -0.647. The molecule has 1 heterocycles. The molecule has 0 spiro atoms. The Morgan fingerprint density at radius 3 is 2.79 bits per heavy atom. The summed E-state index contributed by atoms with van der Waals surface area (Å²) >= 11 is 0. The summed E-state index contributed by atoms with van der Waals surface area (Å²) in [6.07, 6.45) is 51.4. The number of rotatable bonds is 9. The lowest BCUT2D eigenvalue weighted by atomic mass is 9.81. The van der Waals surface area contributed by atoms with Crippen LogP contribution in [0.25, 0.3) is 6.08 Å². The third kappa shape index (κ3) is 9.86. The van der Waals surface area contributed by atoms with E-state index in [0.29, 0.717) is 18.9 Å². The van der Waals surface area contributed by atoms with Crippen molar-refractivity contribution >= 4 is 6.08 Å². The largest absolute Gasteiger partial charge is 0.387 e. The fourth-order valence-corrected chi connectivity index (χ4v) is 5.90. The van der Waals surface area contributed by atoms with Gasteiger partial charge in [0.1, 0.15) is 5.54 Å². The Kier molecular flexibility index (Phi) is 13.3. The van der Waals surface area contributed by atoms with Crippen molar-refractivity contribution in [2.75, 3.05) is 6.54 Å². The van der Waals surface area contributed by atoms with Crippen LogP contribution in [0.5, 0.6) is 0 Å². The van der Waals surface area contributed by atoms with Crippen molar-refractivity contribution in [3.8, 4) is 12.3 Å². The minimum Gasteiger partial charge on any atom is -0.387 e. The van der Waals surface area contributed by atoms with E-state index in [1.54, 1.807) is 0 Å². The number of fused-ring (bicyclic) bond motifs is 1. The fourth-order valence-electron chi connectivity index (χ4n) is 5.90. The predicted molar refractivity (Wildman–Crippen MR) is 205 cm³/mol. The Hall–Kier alpha value is -5.26. The van der Waals surface area contributed by atoms with Crippen LogP contribution in [0.1, 0.15) is 45.6 Å². The second-order valence-electron chi connectivity index (χ2n) is 11.9. The molecule has 2 nitrogen and oxygen atoms in total. The maximum Gasteiger partial charge on any atom is 0.101 e. The second-order valence-corrected chi connectivity index (χ2v) is 11.9. The number of hydrogen-bond acceptors (Lipinski definition) is 2. The first-order valence-electron chi connectivity index (χ1n) is 16.5. The summed E-state index contributed by atoms with van der Waals surface area (Å²) in [5.41, 5.74) is 8.72. The Labute approximate surface area is 283 Å². The van der Waals surface area contributed by atoms with Gasteiger partial charge in [0.05, 0.1) is 0 Å². The van der Waals surface area contributed by atoms with E-state index in [0.717, 1.165) is 29.7 Å². The molecule has 0 radical (unpaired) electrons. The van der Waals surface area contributed by atoms with Crippen molar-refractivity contribution in [1.82, 2.24) is 10.6 Å². The fraction of sp³-hybridized carbons (Fsp3) is 0.200. The van der Waals surface area contributed by atoms with Gasteiger partial charge in [0, 0.05) is 18.7 Å². The van der Waals surface area contributed by atoms with Gasteiger partial charge in [-0.1, -0.05) is 135 Å². The van der Waals surface area contributed by atoms with Gasteiger partial charge in [-0.05, 0) is 102 Å². The molecule has 2 N–H and O–H groups in total. The topological polar surface area (TPSA) is 24.1 Å². The highest BCUT2D eigenvalue weighted by atomic mass is 15.0. The average molecular weight is 617 g/mol. The van der Waals surface area contributed by atoms with Crippen molar-refractivity contribution in [1.29, 1.82) is 0 Å². The van der Waals surface area contributed by atoms with Crippen LogP contribution in [-0.4, -0.2) is 12.1 Å². The molecule has 0 aromatic heterocycles. The van der Waals surface area contributed by atoms with Crippen LogP contribution in [-0.2, 0) is 0 Å². The van der Waals surface area contributed by atoms with E-state index in [9.17, 15) is 0 Å².